The highest BCUT2D eigenvalue weighted by molar-refractivity contribution is 5.95. The van der Waals surface area contributed by atoms with Crippen LogP contribution in [0.15, 0.2) is 39.6 Å². The van der Waals surface area contributed by atoms with Crippen LogP contribution in [0, 0.1) is 0 Å². The van der Waals surface area contributed by atoms with Crippen LogP contribution in [0.3, 0.4) is 0 Å². The van der Waals surface area contributed by atoms with E-state index in [0.717, 1.165) is 42.5 Å². The lowest BCUT2D eigenvalue weighted by Crippen LogP contribution is -2.31. The molecule has 2 amide bonds. The molecule has 6 nitrogen and oxygen atoms in total. The second-order valence-corrected chi connectivity index (χ2v) is 6.59. The van der Waals surface area contributed by atoms with Crippen molar-refractivity contribution in [2.75, 3.05) is 0 Å². The second-order valence-electron chi connectivity index (χ2n) is 6.59. The highest BCUT2D eigenvalue weighted by atomic mass is 16.2. The fraction of sp³-hybridized carbons (Fsp3) is 0.500. The first kappa shape index (κ1) is 16.5. The SMILES string of the molecule is CC(C)NC(=O)c1cccc(CC2N=NC(=O)C3=C2CCCC3)n1. The standard InChI is InChI=1S/C18H22N4O2/c1-11(2)19-18(24)15-9-5-6-12(20-15)10-16-13-7-3-4-8-14(13)17(23)22-21-16/h5-6,9,11,16H,3-4,7-8,10H2,1-2H3,(H,19,24). The number of aromatic nitrogens is 1. The molecule has 0 bridgehead atoms. The number of amides is 2. The van der Waals surface area contributed by atoms with Crippen LogP contribution in [-0.2, 0) is 11.2 Å². The lowest BCUT2D eigenvalue weighted by Gasteiger charge is -2.25. The number of hydrogen-bond acceptors (Lipinski definition) is 4. The molecule has 1 aromatic heterocycles. The maximum absolute atomic E-state index is 12.1. The van der Waals surface area contributed by atoms with Gasteiger partial charge in [0.25, 0.3) is 11.8 Å². The van der Waals surface area contributed by atoms with Gasteiger partial charge in [-0.2, -0.15) is 5.11 Å². The Morgan fingerprint density at radius 2 is 2.08 bits per heavy atom. The summed E-state index contributed by atoms with van der Waals surface area (Å²) < 4.78 is 0. The van der Waals surface area contributed by atoms with E-state index in [1.165, 1.54) is 0 Å². The van der Waals surface area contributed by atoms with Crippen LogP contribution < -0.4 is 5.32 Å². The summed E-state index contributed by atoms with van der Waals surface area (Å²) in [6.45, 7) is 3.83. The van der Waals surface area contributed by atoms with Crippen molar-refractivity contribution in [3.8, 4) is 0 Å². The third-order valence-electron chi connectivity index (χ3n) is 4.32. The summed E-state index contributed by atoms with van der Waals surface area (Å²) in [5.74, 6) is -0.358. The van der Waals surface area contributed by atoms with Crippen molar-refractivity contribution >= 4 is 11.8 Å². The predicted octanol–water partition coefficient (Wildman–Crippen LogP) is 2.99. The van der Waals surface area contributed by atoms with Crippen molar-refractivity contribution in [3.63, 3.8) is 0 Å². The van der Waals surface area contributed by atoms with Gasteiger partial charge in [0, 0.05) is 23.7 Å². The molecule has 1 atom stereocenters. The van der Waals surface area contributed by atoms with E-state index in [-0.39, 0.29) is 23.9 Å². The van der Waals surface area contributed by atoms with E-state index in [1.54, 1.807) is 6.07 Å². The summed E-state index contributed by atoms with van der Waals surface area (Å²) in [6.07, 6.45) is 4.39. The van der Waals surface area contributed by atoms with Gasteiger partial charge in [-0.3, -0.25) is 9.59 Å². The number of nitrogens with one attached hydrogen (secondary N) is 1. The number of nitrogens with zero attached hydrogens (tertiary/aromatic N) is 3. The Kier molecular flexibility index (Phi) is 4.83. The quantitative estimate of drug-likeness (QED) is 0.923. The fourth-order valence-corrected chi connectivity index (χ4v) is 3.21. The molecule has 1 aliphatic carbocycles. The maximum atomic E-state index is 12.1. The van der Waals surface area contributed by atoms with Crippen molar-refractivity contribution in [2.45, 2.75) is 58.0 Å². The van der Waals surface area contributed by atoms with Gasteiger partial charge in [0.1, 0.15) is 5.69 Å². The number of azo groups is 1. The molecular weight excluding hydrogens is 304 g/mol. The second kappa shape index (κ2) is 7.03. The highest BCUT2D eigenvalue weighted by Gasteiger charge is 2.29. The topological polar surface area (TPSA) is 83.8 Å². The molecule has 1 aromatic rings. The third-order valence-corrected chi connectivity index (χ3v) is 4.32. The Hall–Kier alpha value is -2.37. The minimum Gasteiger partial charge on any atom is -0.349 e. The Morgan fingerprint density at radius 3 is 2.88 bits per heavy atom. The molecule has 0 saturated heterocycles. The van der Waals surface area contributed by atoms with Gasteiger partial charge in [0.05, 0.1) is 6.04 Å². The molecule has 0 saturated carbocycles. The zero-order valence-corrected chi connectivity index (χ0v) is 14.1. The van der Waals surface area contributed by atoms with Crippen molar-refractivity contribution < 1.29 is 9.59 Å². The lowest BCUT2D eigenvalue weighted by molar-refractivity contribution is -0.115. The molecule has 0 fully saturated rings. The fourth-order valence-electron chi connectivity index (χ4n) is 3.21. The van der Waals surface area contributed by atoms with Gasteiger partial charge in [0.15, 0.2) is 0 Å². The van der Waals surface area contributed by atoms with E-state index >= 15 is 0 Å². The van der Waals surface area contributed by atoms with Crippen molar-refractivity contribution in [1.29, 1.82) is 0 Å². The minimum absolute atomic E-state index is 0.0658. The summed E-state index contributed by atoms with van der Waals surface area (Å²) in [5, 5.41) is 10.8. The number of rotatable bonds is 4. The van der Waals surface area contributed by atoms with E-state index in [0.29, 0.717) is 12.1 Å². The van der Waals surface area contributed by atoms with Crippen LogP contribution in [0.4, 0.5) is 0 Å². The smallest absolute Gasteiger partial charge is 0.291 e. The molecule has 2 heterocycles. The summed E-state index contributed by atoms with van der Waals surface area (Å²) in [7, 11) is 0. The first-order valence-electron chi connectivity index (χ1n) is 8.48. The van der Waals surface area contributed by atoms with Gasteiger partial charge in [0.2, 0.25) is 0 Å². The average molecular weight is 326 g/mol. The number of carbonyl (C=O) groups is 2. The molecule has 0 aromatic carbocycles. The van der Waals surface area contributed by atoms with Gasteiger partial charge < -0.3 is 5.32 Å². The molecule has 0 radical (unpaired) electrons. The number of pyridine rings is 1. The first-order valence-corrected chi connectivity index (χ1v) is 8.48. The van der Waals surface area contributed by atoms with Crippen LogP contribution in [-0.4, -0.2) is 28.9 Å². The largest absolute Gasteiger partial charge is 0.349 e. The van der Waals surface area contributed by atoms with Crippen LogP contribution in [0.5, 0.6) is 0 Å². The van der Waals surface area contributed by atoms with E-state index in [2.05, 4.69) is 20.5 Å². The van der Waals surface area contributed by atoms with E-state index in [4.69, 9.17) is 0 Å². The van der Waals surface area contributed by atoms with Gasteiger partial charge in [-0.1, -0.05) is 6.07 Å². The van der Waals surface area contributed by atoms with Crippen LogP contribution in [0.2, 0.25) is 0 Å². The van der Waals surface area contributed by atoms with Gasteiger partial charge in [-0.05, 0) is 57.2 Å². The van der Waals surface area contributed by atoms with Gasteiger partial charge in [-0.15, -0.1) is 5.11 Å². The lowest BCUT2D eigenvalue weighted by atomic mass is 9.85. The molecule has 126 valence electrons. The molecular formula is C18H22N4O2. The summed E-state index contributed by atoms with van der Waals surface area (Å²) in [4.78, 5) is 28.4. The first-order chi connectivity index (χ1) is 11.5. The molecule has 0 spiro atoms. The molecule has 2 aliphatic rings. The van der Waals surface area contributed by atoms with Crippen molar-refractivity contribution in [1.82, 2.24) is 10.3 Å². The normalized spacial score (nSPS) is 20.3. The maximum Gasteiger partial charge on any atom is 0.291 e. The summed E-state index contributed by atoms with van der Waals surface area (Å²) >= 11 is 0. The summed E-state index contributed by atoms with van der Waals surface area (Å²) in [5.41, 5.74) is 3.15. The molecule has 1 unspecified atom stereocenters. The number of hydrogen-bond donors (Lipinski definition) is 1. The molecule has 3 rings (SSSR count). The van der Waals surface area contributed by atoms with Crippen LogP contribution >= 0.6 is 0 Å². The van der Waals surface area contributed by atoms with Crippen molar-refractivity contribution in [3.05, 3.63) is 40.7 Å². The monoisotopic (exact) mass is 326 g/mol. The Morgan fingerprint density at radius 1 is 1.29 bits per heavy atom. The Balaban J connectivity index is 1.79. The molecule has 24 heavy (non-hydrogen) atoms. The van der Waals surface area contributed by atoms with E-state index in [9.17, 15) is 9.59 Å². The predicted molar refractivity (Wildman–Crippen MR) is 89.7 cm³/mol. The van der Waals surface area contributed by atoms with E-state index < -0.39 is 0 Å². The zero-order valence-electron chi connectivity index (χ0n) is 14.1. The van der Waals surface area contributed by atoms with E-state index in [1.807, 2.05) is 26.0 Å². The number of carbonyl (C=O) groups excluding carboxylic acids is 2. The third kappa shape index (κ3) is 3.58. The van der Waals surface area contributed by atoms with Crippen LogP contribution in [0.1, 0.15) is 55.7 Å². The Labute approximate surface area is 141 Å². The zero-order chi connectivity index (χ0) is 17.1. The van der Waals surface area contributed by atoms with Crippen LogP contribution in [0.25, 0.3) is 0 Å². The van der Waals surface area contributed by atoms with Crippen molar-refractivity contribution in [2.24, 2.45) is 10.2 Å². The molecule has 6 heteroatoms. The van der Waals surface area contributed by atoms with Gasteiger partial charge in [-0.25, -0.2) is 4.98 Å². The average Bonchev–Trinajstić information content (AvgIpc) is 2.57. The Bertz CT molecular complexity index is 721. The summed E-state index contributed by atoms with van der Waals surface area (Å²) in [6, 6.07) is 5.36. The minimum atomic E-state index is -0.182. The molecule has 1 aliphatic heterocycles. The molecule has 1 N–H and O–H groups in total. The highest BCUT2D eigenvalue weighted by Crippen LogP contribution is 2.33. The van der Waals surface area contributed by atoms with Gasteiger partial charge >= 0.3 is 0 Å².